The molecule has 0 aliphatic carbocycles. The first kappa shape index (κ1) is 28.8. The molecular formula is C48H33NSi. The van der Waals surface area contributed by atoms with Crippen LogP contribution in [0.2, 0.25) is 0 Å². The zero-order valence-corrected chi connectivity index (χ0v) is 28.5. The largest absolute Gasteiger partial charge is 0.309 e. The lowest BCUT2D eigenvalue weighted by atomic mass is 9.92. The highest BCUT2D eigenvalue weighted by Gasteiger charge is 2.41. The normalized spacial score (nSPS) is 12.0. The summed E-state index contributed by atoms with van der Waals surface area (Å²) in [5.74, 6) is 0. The maximum absolute atomic E-state index is 2.62. The summed E-state index contributed by atoms with van der Waals surface area (Å²) in [6, 6.07) is 74.3. The van der Waals surface area contributed by atoms with Crippen LogP contribution >= 0.6 is 0 Å². The second-order valence-corrected chi connectivity index (χ2v) is 17.0. The Morgan fingerprint density at radius 1 is 0.260 bits per heavy atom. The van der Waals surface area contributed by atoms with Gasteiger partial charge in [0.05, 0.1) is 11.0 Å². The van der Waals surface area contributed by atoms with E-state index < -0.39 is 8.07 Å². The van der Waals surface area contributed by atoms with Crippen molar-refractivity contribution in [2.24, 2.45) is 0 Å². The summed E-state index contributed by atoms with van der Waals surface area (Å²) in [5, 5.41) is 15.9. The molecule has 0 bridgehead atoms. The Morgan fingerprint density at radius 3 is 1.20 bits per heavy atom. The number of hydrogen-bond acceptors (Lipinski definition) is 0. The third kappa shape index (κ3) is 4.12. The second kappa shape index (κ2) is 11.4. The van der Waals surface area contributed by atoms with Gasteiger partial charge < -0.3 is 4.57 Å². The van der Waals surface area contributed by atoms with E-state index in [4.69, 9.17) is 0 Å². The van der Waals surface area contributed by atoms with Crippen LogP contribution in [0, 0.1) is 0 Å². The SMILES string of the molecule is c1ccc([Si](c2ccccc2)(c2ccccc2)c2ccc(-n3c4ccccc4c4c5c6ccccc6c6ccccc6c5ccc43)cc2)cc1. The van der Waals surface area contributed by atoms with Crippen molar-refractivity contribution >= 4 is 82.9 Å². The molecule has 0 saturated carbocycles. The lowest BCUT2D eigenvalue weighted by Crippen LogP contribution is -2.74. The predicted octanol–water partition coefficient (Wildman–Crippen LogP) is 9.62. The zero-order chi connectivity index (χ0) is 33.1. The highest BCUT2D eigenvalue weighted by molar-refractivity contribution is 7.19. The van der Waals surface area contributed by atoms with E-state index in [9.17, 15) is 0 Å². The molecule has 10 aromatic rings. The molecule has 9 aromatic carbocycles. The molecular weight excluding hydrogens is 619 g/mol. The summed E-state index contributed by atoms with van der Waals surface area (Å²) in [7, 11) is -2.62. The van der Waals surface area contributed by atoms with Crippen molar-refractivity contribution in [3.05, 3.63) is 200 Å². The molecule has 0 atom stereocenters. The van der Waals surface area contributed by atoms with Crippen LogP contribution in [0.1, 0.15) is 0 Å². The maximum atomic E-state index is 2.47. The number of fused-ring (bicyclic) bond motifs is 10. The molecule has 0 aliphatic heterocycles. The Morgan fingerprint density at radius 2 is 0.660 bits per heavy atom. The number of hydrogen-bond donors (Lipinski definition) is 0. The molecule has 50 heavy (non-hydrogen) atoms. The van der Waals surface area contributed by atoms with Crippen molar-refractivity contribution in [2.45, 2.75) is 0 Å². The van der Waals surface area contributed by atoms with Crippen LogP contribution in [0.5, 0.6) is 0 Å². The molecule has 234 valence electrons. The Labute approximate surface area is 292 Å². The minimum absolute atomic E-state index is 1.17. The quantitative estimate of drug-likeness (QED) is 0.0993. The summed E-state index contributed by atoms with van der Waals surface area (Å²) >= 11 is 0. The molecule has 10 rings (SSSR count). The van der Waals surface area contributed by atoms with E-state index in [1.807, 2.05) is 0 Å². The van der Waals surface area contributed by atoms with Gasteiger partial charge in [0.2, 0.25) is 0 Å². The number of nitrogens with zero attached hydrogens (tertiary/aromatic N) is 1. The van der Waals surface area contributed by atoms with Gasteiger partial charge >= 0.3 is 0 Å². The Balaban J connectivity index is 1.26. The van der Waals surface area contributed by atoms with Crippen LogP contribution in [0.3, 0.4) is 0 Å². The van der Waals surface area contributed by atoms with Crippen LogP contribution in [0.4, 0.5) is 0 Å². The molecule has 0 fully saturated rings. The van der Waals surface area contributed by atoms with E-state index in [-0.39, 0.29) is 0 Å². The van der Waals surface area contributed by atoms with Crippen LogP contribution in [-0.2, 0) is 0 Å². The first-order valence-electron chi connectivity index (χ1n) is 17.4. The summed E-state index contributed by atoms with van der Waals surface area (Å²) < 4.78 is 2.47. The van der Waals surface area contributed by atoms with Crippen molar-refractivity contribution in [3.8, 4) is 5.69 Å². The van der Waals surface area contributed by atoms with Gasteiger partial charge in [-0.05, 0) is 71.9 Å². The second-order valence-electron chi connectivity index (χ2n) is 13.2. The van der Waals surface area contributed by atoms with Crippen molar-refractivity contribution in [2.75, 3.05) is 0 Å². The van der Waals surface area contributed by atoms with Gasteiger partial charge in [0.25, 0.3) is 0 Å². The van der Waals surface area contributed by atoms with Crippen molar-refractivity contribution in [3.63, 3.8) is 0 Å². The lowest BCUT2D eigenvalue weighted by Gasteiger charge is -2.34. The number of aromatic nitrogens is 1. The summed E-state index contributed by atoms with van der Waals surface area (Å²) in [4.78, 5) is 0. The maximum Gasteiger partial charge on any atom is 0.179 e. The van der Waals surface area contributed by atoms with E-state index in [2.05, 4.69) is 205 Å². The third-order valence-electron chi connectivity index (χ3n) is 10.7. The van der Waals surface area contributed by atoms with Crippen LogP contribution in [0.25, 0.3) is 59.8 Å². The van der Waals surface area contributed by atoms with Crippen LogP contribution < -0.4 is 20.7 Å². The topological polar surface area (TPSA) is 4.93 Å². The zero-order valence-electron chi connectivity index (χ0n) is 27.5. The van der Waals surface area contributed by atoms with Gasteiger partial charge in [0.1, 0.15) is 0 Å². The van der Waals surface area contributed by atoms with Gasteiger partial charge in [-0.3, -0.25) is 0 Å². The summed E-state index contributed by atoms with van der Waals surface area (Å²) in [6.45, 7) is 0. The number of para-hydroxylation sites is 1. The van der Waals surface area contributed by atoms with Crippen LogP contribution in [-0.4, -0.2) is 12.6 Å². The van der Waals surface area contributed by atoms with Gasteiger partial charge in [-0.2, -0.15) is 0 Å². The van der Waals surface area contributed by atoms with Crippen molar-refractivity contribution in [1.82, 2.24) is 4.57 Å². The first-order chi connectivity index (χ1) is 24.8. The highest BCUT2D eigenvalue weighted by Crippen LogP contribution is 2.43. The molecule has 0 radical (unpaired) electrons. The smallest absolute Gasteiger partial charge is 0.179 e. The van der Waals surface area contributed by atoms with Gasteiger partial charge in [-0.1, -0.05) is 176 Å². The molecule has 1 heterocycles. The molecule has 0 amide bonds. The highest BCUT2D eigenvalue weighted by atomic mass is 28.3. The van der Waals surface area contributed by atoms with E-state index in [1.54, 1.807) is 0 Å². The average Bonchev–Trinajstić information content (AvgIpc) is 3.54. The molecule has 0 N–H and O–H groups in total. The van der Waals surface area contributed by atoms with Gasteiger partial charge in [-0.15, -0.1) is 0 Å². The lowest BCUT2D eigenvalue weighted by molar-refractivity contribution is 1.18. The molecule has 0 unspecified atom stereocenters. The monoisotopic (exact) mass is 651 g/mol. The molecule has 0 spiro atoms. The fourth-order valence-electron chi connectivity index (χ4n) is 8.66. The molecule has 1 nitrogen and oxygen atoms in total. The molecule has 1 aromatic heterocycles. The van der Waals surface area contributed by atoms with E-state index >= 15 is 0 Å². The minimum atomic E-state index is -2.62. The standard InChI is InChI=1S/C48H33NSi/c1-4-16-35(17-5-1)50(36-18-6-2-7-19-36,37-20-8-3-9-21-37)38-30-28-34(29-31-38)49-45-27-15-14-26-44(45)48-46(49)33-32-43-41-24-11-10-22-39(41)40-23-12-13-25-42(40)47(43)48/h1-33H. The predicted molar refractivity (Wildman–Crippen MR) is 217 cm³/mol. The molecule has 2 heteroatoms. The van der Waals surface area contributed by atoms with Crippen LogP contribution in [0.15, 0.2) is 200 Å². The average molecular weight is 652 g/mol. The van der Waals surface area contributed by atoms with Gasteiger partial charge in [0, 0.05) is 21.8 Å². The molecule has 0 aliphatic rings. The van der Waals surface area contributed by atoms with E-state index in [0.717, 1.165) is 0 Å². The van der Waals surface area contributed by atoms with Crippen molar-refractivity contribution in [1.29, 1.82) is 0 Å². The fraction of sp³-hybridized carbons (Fsp3) is 0. The minimum Gasteiger partial charge on any atom is -0.309 e. The summed E-state index contributed by atoms with van der Waals surface area (Å²) in [6.07, 6.45) is 0. The number of benzene rings is 9. The van der Waals surface area contributed by atoms with E-state index in [0.29, 0.717) is 0 Å². The van der Waals surface area contributed by atoms with Gasteiger partial charge in [-0.25, -0.2) is 0 Å². The van der Waals surface area contributed by atoms with Crippen molar-refractivity contribution < 1.29 is 0 Å². The first-order valence-corrected chi connectivity index (χ1v) is 19.4. The fourth-order valence-corrected chi connectivity index (χ4v) is 13.4. The van der Waals surface area contributed by atoms with Gasteiger partial charge in [0.15, 0.2) is 8.07 Å². The Kier molecular flexibility index (Phi) is 6.58. The Hall–Kier alpha value is -6.22. The molecule has 0 saturated heterocycles. The number of rotatable bonds is 5. The Bertz CT molecular complexity index is 2710. The summed E-state index contributed by atoms with van der Waals surface area (Å²) in [5.41, 5.74) is 3.61. The van der Waals surface area contributed by atoms with E-state index in [1.165, 1.54) is 80.6 Å². The third-order valence-corrected chi connectivity index (χ3v) is 15.5.